The van der Waals surface area contributed by atoms with Crippen molar-refractivity contribution >= 4 is 17.4 Å². The molecule has 7 nitrogen and oxygen atoms in total. The standard InChI is InChI=1S/C17H19N3O4/c1-12-5-3-4-6-13(12)9-10-18-17(21)19-15-11-14(20(22)23)7-8-16(15)24-2/h3-8,11H,9-10H2,1-2H3,(H2,18,19,21). The summed E-state index contributed by atoms with van der Waals surface area (Å²) in [5.74, 6) is 0.356. The molecule has 0 atom stereocenters. The number of amides is 2. The number of urea groups is 1. The summed E-state index contributed by atoms with van der Waals surface area (Å²) >= 11 is 0. The Kier molecular flexibility index (Phi) is 5.73. The lowest BCUT2D eigenvalue weighted by Crippen LogP contribution is -2.30. The number of nitro groups is 1. The van der Waals surface area contributed by atoms with E-state index in [1.165, 1.54) is 30.9 Å². The number of rotatable bonds is 6. The maximum Gasteiger partial charge on any atom is 0.319 e. The Morgan fingerprint density at radius 3 is 2.67 bits per heavy atom. The van der Waals surface area contributed by atoms with Gasteiger partial charge in [-0.3, -0.25) is 10.1 Å². The summed E-state index contributed by atoms with van der Waals surface area (Å²) in [5.41, 5.74) is 2.46. The van der Waals surface area contributed by atoms with Gasteiger partial charge in [0.25, 0.3) is 5.69 Å². The van der Waals surface area contributed by atoms with Crippen LogP contribution in [0.5, 0.6) is 5.75 Å². The van der Waals surface area contributed by atoms with Crippen molar-refractivity contribution in [1.82, 2.24) is 5.32 Å². The molecule has 0 saturated carbocycles. The van der Waals surface area contributed by atoms with E-state index in [-0.39, 0.29) is 11.4 Å². The van der Waals surface area contributed by atoms with E-state index in [2.05, 4.69) is 10.6 Å². The van der Waals surface area contributed by atoms with Gasteiger partial charge in [-0.15, -0.1) is 0 Å². The maximum absolute atomic E-state index is 12.0. The van der Waals surface area contributed by atoms with Crippen molar-refractivity contribution in [1.29, 1.82) is 0 Å². The number of hydrogen-bond donors (Lipinski definition) is 2. The zero-order valence-corrected chi connectivity index (χ0v) is 13.5. The summed E-state index contributed by atoms with van der Waals surface area (Å²) in [6, 6.07) is 11.5. The monoisotopic (exact) mass is 329 g/mol. The molecule has 0 aliphatic carbocycles. The van der Waals surface area contributed by atoms with E-state index < -0.39 is 11.0 Å². The summed E-state index contributed by atoms with van der Waals surface area (Å²) in [4.78, 5) is 22.3. The molecule has 2 amide bonds. The first-order valence-corrected chi connectivity index (χ1v) is 7.43. The first-order chi connectivity index (χ1) is 11.5. The van der Waals surface area contributed by atoms with E-state index in [4.69, 9.17) is 4.74 Å². The van der Waals surface area contributed by atoms with Crippen LogP contribution in [0.2, 0.25) is 0 Å². The van der Waals surface area contributed by atoms with E-state index in [9.17, 15) is 14.9 Å². The van der Waals surface area contributed by atoms with Gasteiger partial charge in [0.15, 0.2) is 0 Å². The molecular formula is C17H19N3O4. The molecule has 0 aliphatic rings. The zero-order chi connectivity index (χ0) is 17.5. The van der Waals surface area contributed by atoms with Crippen LogP contribution in [0.25, 0.3) is 0 Å². The molecule has 7 heteroatoms. The third-order valence-corrected chi connectivity index (χ3v) is 3.58. The normalized spacial score (nSPS) is 10.1. The highest BCUT2D eigenvalue weighted by Crippen LogP contribution is 2.28. The molecule has 0 unspecified atom stereocenters. The summed E-state index contributed by atoms with van der Waals surface area (Å²) in [5, 5.41) is 16.1. The molecule has 0 aromatic heterocycles. The van der Waals surface area contributed by atoms with Crippen molar-refractivity contribution in [3.05, 3.63) is 63.7 Å². The molecule has 0 saturated heterocycles. The average Bonchev–Trinajstić information content (AvgIpc) is 2.56. The number of nitrogens with one attached hydrogen (secondary N) is 2. The molecule has 24 heavy (non-hydrogen) atoms. The van der Waals surface area contributed by atoms with Crippen molar-refractivity contribution in [2.24, 2.45) is 0 Å². The molecule has 0 spiro atoms. The highest BCUT2D eigenvalue weighted by Gasteiger charge is 2.13. The van der Waals surface area contributed by atoms with Crippen LogP contribution in [0, 0.1) is 17.0 Å². The number of aryl methyl sites for hydroxylation is 1. The topological polar surface area (TPSA) is 93.5 Å². The third-order valence-electron chi connectivity index (χ3n) is 3.58. The average molecular weight is 329 g/mol. The minimum atomic E-state index is -0.527. The number of carbonyl (C=O) groups excluding carboxylic acids is 1. The van der Waals surface area contributed by atoms with Gasteiger partial charge in [0.1, 0.15) is 5.75 Å². The van der Waals surface area contributed by atoms with Gasteiger partial charge in [0.2, 0.25) is 0 Å². The lowest BCUT2D eigenvalue weighted by molar-refractivity contribution is -0.384. The van der Waals surface area contributed by atoms with Gasteiger partial charge < -0.3 is 15.4 Å². The quantitative estimate of drug-likeness (QED) is 0.628. The van der Waals surface area contributed by atoms with Crippen LogP contribution in [-0.2, 0) is 6.42 Å². The third kappa shape index (κ3) is 4.45. The van der Waals surface area contributed by atoms with E-state index in [1.54, 1.807) is 0 Å². The highest BCUT2D eigenvalue weighted by atomic mass is 16.6. The molecule has 0 fully saturated rings. The molecule has 0 heterocycles. The Hall–Kier alpha value is -3.09. The Bertz CT molecular complexity index is 746. The largest absolute Gasteiger partial charge is 0.495 e. The minimum Gasteiger partial charge on any atom is -0.495 e. The van der Waals surface area contributed by atoms with E-state index in [0.29, 0.717) is 18.7 Å². The van der Waals surface area contributed by atoms with Gasteiger partial charge in [0, 0.05) is 18.7 Å². The summed E-state index contributed by atoms with van der Waals surface area (Å²) in [7, 11) is 1.43. The van der Waals surface area contributed by atoms with Crippen LogP contribution in [0.1, 0.15) is 11.1 Å². The van der Waals surface area contributed by atoms with Crippen LogP contribution in [0.15, 0.2) is 42.5 Å². The minimum absolute atomic E-state index is 0.119. The number of ether oxygens (including phenoxy) is 1. The van der Waals surface area contributed by atoms with Crippen LogP contribution in [0.3, 0.4) is 0 Å². The molecule has 126 valence electrons. The van der Waals surface area contributed by atoms with Gasteiger partial charge >= 0.3 is 6.03 Å². The second-order valence-electron chi connectivity index (χ2n) is 5.20. The first-order valence-electron chi connectivity index (χ1n) is 7.43. The second kappa shape index (κ2) is 7.96. The molecule has 0 aliphatic heterocycles. The fourth-order valence-corrected chi connectivity index (χ4v) is 2.28. The number of hydrogen-bond acceptors (Lipinski definition) is 4. The lowest BCUT2D eigenvalue weighted by Gasteiger charge is -2.11. The molecule has 0 radical (unpaired) electrons. The predicted molar refractivity (Wildman–Crippen MR) is 91.6 cm³/mol. The smallest absolute Gasteiger partial charge is 0.319 e. The second-order valence-corrected chi connectivity index (χ2v) is 5.20. The molecule has 2 N–H and O–H groups in total. The molecule has 2 aromatic rings. The summed E-state index contributed by atoms with van der Waals surface area (Å²) in [6.45, 7) is 2.47. The van der Waals surface area contributed by atoms with E-state index in [0.717, 1.165) is 5.56 Å². The molecule has 0 bridgehead atoms. The van der Waals surface area contributed by atoms with Gasteiger partial charge in [-0.05, 0) is 30.5 Å². The van der Waals surface area contributed by atoms with Crippen LogP contribution in [0.4, 0.5) is 16.2 Å². The number of nitrogens with zero attached hydrogens (tertiary/aromatic N) is 1. The van der Waals surface area contributed by atoms with Crippen molar-refractivity contribution in [3.8, 4) is 5.75 Å². The molecular weight excluding hydrogens is 310 g/mol. The first kappa shape index (κ1) is 17.3. The Morgan fingerprint density at radius 1 is 1.25 bits per heavy atom. The number of anilines is 1. The van der Waals surface area contributed by atoms with Gasteiger partial charge in [-0.2, -0.15) is 0 Å². The van der Waals surface area contributed by atoms with Gasteiger partial charge in [-0.25, -0.2) is 4.79 Å². The molecule has 2 aromatic carbocycles. The Balaban J connectivity index is 1.95. The van der Waals surface area contributed by atoms with E-state index in [1.807, 2.05) is 31.2 Å². The van der Waals surface area contributed by atoms with Crippen LogP contribution >= 0.6 is 0 Å². The zero-order valence-electron chi connectivity index (χ0n) is 13.5. The van der Waals surface area contributed by atoms with Gasteiger partial charge in [0.05, 0.1) is 17.7 Å². The van der Waals surface area contributed by atoms with Crippen molar-refractivity contribution in [2.75, 3.05) is 19.0 Å². The SMILES string of the molecule is COc1ccc([N+](=O)[O-])cc1NC(=O)NCCc1ccccc1C. The maximum atomic E-state index is 12.0. The van der Waals surface area contributed by atoms with Crippen molar-refractivity contribution in [2.45, 2.75) is 13.3 Å². The number of nitro benzene ring substituents is 1. The number of methoxy groups -OCH3 is 1. The number of non-ortho nitro benzene ring substituents is 1. The highest BCUT2D eigenvalue weighted by molar-refractivity contribution is 5.91. The van der Waals surface area contributed by atoms with E-state index >= 15 is 0 Å². The fraction of sp³-hybridized carbons (Fsp3) is 0.235. The Labute approximate surface area is 139 Å². The van der Waals surface area contributed by atoms with Crippen molar-refractivity contribution < 1.29 is 14.5 Å². The van der Waals surface area contributed by atoms with Crippen LogP contribution in [-0.4, -0.2) is 24.6 Å². The predicted octanol–water partition coefficient (Wildman–Crippen LogP) is 3.28. The number of carbonyl (C=O) groups is 1. The number of benzene rings is 2. The molecule has 2 rings (SSSR count). The van der Waals surface area contributed by atoms with Gasteiger partial charge in [-0.1, -0.05) is 24.3 Å². The summed E-state index contributed by atoms with van der Waals surface area (Å²) < 4.78 is 5.11. The van der Waals surface area contributed by atoms with Crippen LogP contribution < -0.4 is 15.4 Å². The fourth-order valence-electron chi connectivity index (χ4n) is 2.28. The lowest BCUT2D eigenvalue weighted by atomic mass is 10.1. The van der Waals surface area contributed by atoms with Crippen molar-refractivity contribution in [3.63, 3.8) is 0 Å². The Morgan fingerprint density at radius 2 is 2.00 bits per heavy atom. The summed E-state index contributed by atoms with van der Waals surface area (Å²) in [6.07, 6.45) is 0.701.